The third-order valence-electron chi connectivity index (χ3n) is 4.39. The fourth-order valence-electron chi connectivity index (χ4n) is 3.07. The van der Waals surface area contributed by atoms with E-state index in [0.29, 0.717) is 17.7 Å². The summed E-state index contributed by atoms with van der Waals surface area (Å²) in [5.41, 5.74) is 0.986. The van der Waals surface area contributed by atoms with Gasteiger partial charge in [0.1, 0.15) is 6.04 Å². The molecule has 2 amide bonds. The van der Waals surface area contributed by atoms with Crippen LogP contribution in [0.1, 0.15) is 31.2 Å². The van der Waals surface area contributed by atoms with Crippen LogP contribution in [0.3, 0.4) is 0 Å². The summed E-state index contributed by atoms with van der Waals surface area (Å²) in [5.74, 6) is 1.18. The smallest absolute Gasteiger partial charge is 0.247 e. The second-order valence-electron chi connectivity index (χ2n) is 6.06. The van der Waals surface area contributed by atoms with Crippen LogP contribution in [-0.4, -0.2) is 40.4 Å². The van der Waals surface area contributed by atoms with E-state index in [1.165, 1.54) is 12.8 Å². The Balaban J connectivity index is 1.60. The van der Waals surface area contributed by atoms with Crippen LogP contribution >= 0.6 is 11.8 Å². The van der Waals surface area contributed by atoms with Crippen LogP contribution in [0, 0.1) is 0 Å². The van der Waals surface area contributed by atoms with E-state index >= 15 is 0 Å². The maximum atomic E-state index is 12.4. The zero-order valence-electron chi connectivity index (χ0n) is 13.1. The first kappa shape index (κ1) is 16.1. The van der Waals surface area contributed by atoms with Crippen LogP contribution in [0.25, 0.3) is 6.08 Å². The number of hydrogen-bond acceptors (Lipinski definition) is 3. The zero-order chi connectivity index (χ0) is 16.1. The number of carbonyl (C=O) groups excluding carboxylic acids is 2. The lowest BCUT2D eigenvalue weighted by molar-refractivity contribution is -0.135. The average molecular weight is 330 g/mol. The van der Waals surface area contributed by atoms with Gasteiger partial charge in [0.05, 0.1) is 5.88 Å². The Morgan fingerprint density at radius 3 is 2.65 bits per heavy atom. The van der Waals surface area contributed by atoms with Crippen LogP contribution < -0.4 is 5.32 Å². The summed E-state index contributed by atoms with van der Waals surface area (Å²) in [7, 11) is 0. The van der Waals surface area contributed by atoms with Crippen molar-refractivity contribution < 1.29 is 9.59 Å². The first-order valence-corrected chi connectivity index (χ1v) is 9.31. The van der Waals surface area contributed by atoms with Gasteiger partial charge in [0.25, 0.3) is 0 Å². The lowest BCUT2D eigenvalue weighted by atomic mass is 10.2. The van der Waals surface area contributed by atoms with E-state index in [2.05, 4.69) is 5.32 Å². The van der Waals surface area contributed by atoms with Gasteiger partial charge in [0.2, 0.25) is 11.8 Å². The minimum absolute atomic E-state index is 0.00311. The predicted molar refractivity (Wildman–Crippen MR) is 93.8 cm³/mol. The lowest BCUT2D eigenvalue weighted by Gasteiger charge is -2.23. The highest BCUT2D eigenvalue weighted by Crippen LogP contribution is 2.23. The Morgan fingerprint density at radius 1 is 1.17 bits per heavy atom. The van der Waals surface area contributed by atoms with Gasteiger partial charge < -0.3 is 10.2 Å². The largest absolute Gasteiger partial charge is 0.352 e. The van der Waals surface area contributed by atoms with Gasteiger partial charge in [-0.15, -0.1) is 11.8 Å². The summed E-state index contributed by atoms with van der Waals surface area (Å²) in [6, 6.07) is 9.68. The normalized spacial score (nSPS) is 21.9. The second kappa shape index (κ2) is 7.68. The van der Waals surface area contributed by atoms with Crippen molar-refractivity contribution in [2.24, 2.45) is 0 Å². The van der Waals surface area contributed by atoms with E-state index < -0.39 is 0 Å². The molecule has 4 nitrogen and oxygen atoms in total. The maximum absolute atomic E-state index is 12.4. The second-order valence-corrected chi connectivity index (χ2v) is 7.06. The molecule has 0 spiro atoms. The molecule has 1 saturated heterocycles. The molecule has 1 N–H and O–H groups in total. The Hall–Kier alpha value is -1.75. The summed E-state index contributed by atoms with van der Waals surface area (Å²) in [4.78, 5) is 26.5. The fraction of sp³-hybridized carbons (Fsp3) is 0.444. The van der Waals surface area contributed by atoms with Crippen LogP contribution in [0.15, 0.2) is 36.4 Å². The Morgan fingerprint density at radius 2 is 1.91 bits per heavy atom. The van der Waals surface area contributed by atoms with E-state index in [4.69, 9.17) is 0 Å². The number of nitrogens with zero attached hydrogens (tertiary/aromatic N) is 1. The maximum Gasteiger partial charge on any atom is 0.247 e. The Labute approximate surface area is 141 Å². The van der Waals surface area contributed by atoms with E-state index in [0.717, 1.165) is 18.4 Å². The third kappa shape index (κ3) is 4.16. The molecule has 1 aliphatic carbocycles. The average Bonchev–Trinajstić information content (AvgIpc) is 3.24. The summed E-state index contributed by atoms with van der Waals surface area (Å²) in [5, 5.41) is 3.11. The molecule has 3 rings (SSSR count). The van der Waals surface area contributed by atoms with Gasteiger partial charge in [0.15, 0.2) is 0 Å². The van der Waals surface area contributed by atoms with Crippen molar-refractivity contribution in [1.82, 2.24) is 10.2 Å². The standard InChI is InChI=1S/C18H22N2O2S/c21-17(11-10-14-6-2-1-3-7-14)20-13-23-12-16(20)18(22)19-15-8-4-5-9-15/h1-3,6-7,10-11,15-16H,4-5,8-9,12-13H2,(H,19,22). The number of thioether (sulfide) groups is 1. The summed E-state index contributed by atoms with van der Waals surface area (Å²) in [6.45, 7) is 0. The highest BCUT2D eigenvalue weighted by Gasteiger charge is 2.34. The summed E-state index contributed by atoms with van der Waals surface area (Å²) >= 11 is 1.64. The van der Waals surface area contributed by atoms with Crippen LogP contribution in [-0.2, 0) is 9.59 Å². The van der Waals surface area contributed by atoms with E-state index in [1.54, 1.807) is 28.8 Å². The van der Waals surface area contributed by atoms with Crippen molar-refractivity contribution in [2.45, 2.75) is 37.8 Å². The fourth-order valence-corrected chi connectivity index (χ4v) is 4.24. The number of nitrogens with one attached hydrogen (secondary N) is 1. The zero-order valence-corrected chi connectivity index (χ0v) is 13.9. The molecular weight excluding hydrogens is 308 g/mol. The molecule has 1 aromatic carbocycles. The van der Waals surface area contributed by atoms with Gasteiger partial charge in [-0.1, -0.05) is 43.2 Å². The molecule has 0 bridgehead atoms. The van der Waals surface area contributed by atoms with Crippen molar-refractivity contribution in [3.63, 3.8) is 0 Å². The number of hydrogen-bond donors (Lipinski definition) is 1. The SMILES string of the molecule is O=C(NC1CCCC1)C1CSCN1C(=O)C=Cc1ccccc1. The molecule has 5 heteroatoms. The molecular formula is C18H22N2O2S. The molecule has 2 fully saturated rings. The van der Waals surface area contributed by atoms with Gasteiger partial charge in [-0.2, -0.15) is 0 Å². The summed E-state index contributed by atoms with van der Waals surface area (Å²) < 4.78 is 0. The minimum Gasteiger partial charge on any atom is -0.352 e. The molecule has 1 atom stereocenters. The van der Waals surface area contributed by atoms with Crippen molar-refractivity contribution in [3.05, 3.63) is 42.0 Å². The van der Waals surface area contributed by atoms with Crippen molar-refractivity contribution in [1.29, 1.82) is 0 Å². The van der Waals surface area contributed by atoms with Crippen LogP contribution in [0.2, 0.25) is 0 Å². The van der Waals surface area contributed by atoms with Gasteiger partial charge in [-0.3, -0.25) is 9.59 Å². The highest BCUT2D eigenvalue weighted by molar-refractivity contribution is 7.99. The quantitative estimate of drug-likeness (QED) is 0.864. The number of rotatable bonds is 4. The minimum atomic E-state index is -0.339. The molecule has 0 aromatic heterocycles. The van der Waals surface area contributed by atoms with Crippen LogP contribution in [0.4, 0.5) is 0 Å². The molecule has 2 aliphatic rings. The Kier molecular flexibility index (Phi) is 5.39. The molecule has 1 unspecified atom stereocenters. The van der Waals surface area contributed by atoms with Crippen molar-refractivity contribution >= 4 is 29.7 Å². The molecule has 1 aromatic rings. The number of benzene rings is 1. The van der Waals surface area contributed by atoms with E-state index in [9.17, 15) is 9.59 Å². The Bertz CT molecular complexity index is 582. The van der Waals surface area contributed by atoms with Gasteiger partial charge in [-0.05, 0) is 24.5 Å². The molecule has 1 heterocycles. The van der Waals surface area contributed by atoms with E-state index in [1.807, 2.05) is 30.3 Å². The number of carbonyl (C=O) groups is 2. The highest BCUT2D eigenvalue weighted by atomic mass is 32.2. The molecule has 1 saturated carbocycles. The topological polar surface area (TPSA) is 49.4 Å². The predicted octanol–water partition coefficient (Wildman–Crippen LogP) is 2.66. The monoisotopic (exact) mass is 330 g/mol. The van der Waals surface area contributed by atoms with Crippen molar-refractivity contribution in [3.8, 4) is 0 Å². The molecule has 122 valence electrons. The van der Waals surface area contributed by atoms with Crippen molar-refractivity contribution in [2.75, 3.05) is 11.6 Å². The lowest BCUT2D eigenvalue weighted by Crippen LogP contribution is -2.49. The molecule has 0 radical (unpaired) electrons. The molecule has 23 heavy (non-hydrogen) atoms. The summed E-state index contributed by atoms with van der Waals surface area (Å²) in [6.07, 6.45) is 7.87. The third-order valence-corrected chi connectivity index (χ3v) is 5.40. The first-order valence-electron chi connectivity index (χ1n) is 8.16. The van der Waals surface area contributed by atoms with Gasteiger partial charge >= 0.3 is 0 Å². The van der Waals surface area contributed by atoms with E-state index in [-0.39, 0.29) is 17.9 Å². The molecule has 1 aliphatic heterocycles. The van der Waals surface area contributed by atoms with Gasteiger partial charge in [0, 0.05) is 17.9 Å². The van der Waals surface area contributed by atoms with Gasteiger partial charge in [-0.25, -0.2) is 0 Å². The number of amides is 2. The first-order chi connectivity index (χ1) is 11.2. The van der Waals surface area contributed by atoms with Crippen LogP contribution in [0.5, 0.6) is 0 Å².